The Morgan fingerprint density at radius 3 is 2.77 bits per heavy atom. The van der Waals surface area contributed by atoms with E-state index >= 15 is 0 Å². The lowest BCUT2D eigenvalue weighted by Gasteiger charge is -2.22. The van der Waals surface area contributed by atoms with Gasteiger partial charge in [0.25, 0.3) is 0 Å². The second kappa shape index (κ2) is 3.90. The van der Waals surface area contributed by atoms with Crippen LogP contribution in [0.1, 0.15) is 33.1 Å². The summed E-state index contributed by atoms with van der Waals surface area (Å²) in [5, 5.41) is 0. The van der Waals surface area contributed by atoms with E-state index in [1.807, 2.05) is 0 Å². The molecule has 0 bridgehead atoms. The number of amides is 1. The standard InChI is InChI=1S/C10H17NO2/c1-10(2)4-3-9(13)11(6-5-10)7-8-12/h8H,3-7H2,1-2H3. The summed E-state index contributed by atoms with van der Waals surface area (Å²) in [6, 6.07) is 0. The van der Waals surface area contributed by atoms with Crippen LogP contribution in [0.4, 0.5) is 0 Å². The fraction of sp³-hybridized carbons (Fsp3) is 0.800. The molecule has 0 N–H and O–H groups in total. The lowest BCUT2D eigenvalue weighted by atomic mass is 9.85. The summed E-state index contributed by atoms with van der Waals surface area (Å²) in [4.78, 5) is 23.4. The smallest absolute Gasteiger partial charge is 0.222 e. The largest absolute Gasteiger partial charge is 0.336 e. The zero-order valence-corrected chi connectivity index (χ0v) is 8.38. The maximum atomic E-state index is 11.5. The van der Waals surface area contributed by atoms with Gasteiger partial charge in [0.15, 0.2) is 0 Å². The highest BCUT2D eigenvalue weighted by atomic mass is 16.2. The third kappa shape index (κ3) is 2.83. The highest BCUT2D eigenvalue weighted by Crippen LogP contribution is 2.29. The first kappa shape index (κ1) is 10.2. The van der Waals surface area contributed by atoms with E-state index in [9.17, 15) is 9.59 Å². The molecule has 0 aromatic carbocycles. The molecule has 74 valence electrons. The zero-order valence-electron chi connectivity index (χ0n) is 8.38. The predicted octanol–water partition coefficient (Wildman–Crippen LogP) is 1.22. The Morgan fingerprint density at radius 1 is 1.46 bits per heavy atom. The van der Waals surface area contributed by atoms with E-state index in [2.05, 4.69) is 13.8 Å². The average Bonchev–Trinajstić information content (AvgIpc) is 2.18. The van der Waals surface area contributed by atoms with Gasteiger partial charge in [-0.2, -0.15) is 0 Å². The van der Waals surface area contributed by atoms with Crippen molar-refractivity contribution in [1.82, 2.24) is 4.90 Å². The van der Waals surface area contributed by atoms with Gasteiger partial charge in [0, 0.05) is 13.0 Å². The molecule has 0 aromatic heterocycles. The third-order valence-electron chi connectivity index (χ3n) is 2.72. The molecule has 1 aliphatic heterocycles. The van der Waals surface area contributed by atoms with Crippen molar-refractivity contribution < 1.29 is 9.59 Å². The van der Waals surface area contributed by atoms with Crippen molar-refractivity contribution in [2.24, 2.45) is 5.41 Å². The molecule has 0 spiro atoms. The number of likely N-dealkylation sites (tertiary alicyclic amines) is 1. The quantitative estimate of drug-likeness (QED) is 0.604. The Morgan fingerprint density at radius 2 is 2.15 bits per heavy atom. The first-order chi connectivity index (χ1) is 6.05. The molecular formula is C10H17NO2. The van der Waals surface area contributed by atoms with Gasteiger partial charge in [-0.1, -0.05) is 13.8 Å². The first-order valence-electron chi connectivity index (χ1n) is 4.76. The summed E-state index contributed by atoms with van der Waals surface area (Å²) in [6.45, 7) is 5.33. The van der Waals surface area contributed by atoms with Crippen LogP contribution in [0.25, 0.3) is 0 Å². The van der Waals surface area contributed by atoms with Crippen molar-refractivity contribution in [3.8, 4) is 0 Å². The Balaban J connectivity index is 2.59. The van der Waals surface area contributed by atoms with Crippen molar-refractivity contribution in [1.29, 1.82) is 0 Å². The Bertz CT molecular complexity index is 211. The minimum Gasteiger partial charge on any atom is -0.336 e. The van der Waals surface area contributed by atoms with E-state index in [1.165, 1.54) is 0 Å². The highest BCUT2D eigenvalue weighted by Gasteiger charge is 2.26. The van der Waals surface area contributed by atoms with Gasteiger partial charge in [-0.15, -0.1) is 0 Å². The number of aldehydes is 1. The van der Waals surface area contributed by atoms with Crippen LogP contribution in [0.15, 0.2) is 0 Å². The molecule has 0 unspecified atom stereocenters. The van der Waals surface area contributed by atoms with Crippen molar-refractivity contribution in [3.63, 3.8) is 0 Å². The van der Waals surface area contributed by atoms with Gasteiger partial charge in [0.1, 0.15) is 6.29 Å². The van der Waals surface area contributed by atoms with Crippen molar-refractivity contribution in [2.45, 2.75) is 33.1 Å². The molecule has 1 saturated heterocycles. The summed E-state index contributed by atoms with van der Waals surface area (Å²) in [5.74, 6) is 0.123. The van der Waals surface area contributed by atoms with E-state index in [0.717, 1.165) is 25.7 Å². The van der Waals surface area contributed by atoms with Crippen LogP contribution in [0.2, 0.25) is 0 Å². The fourth-order valence-corrected chi connectivity index (χ4v) is 1.57. The topological polar surface area (TPSA) is 37.4 Å². The minimum atomic E-state index is 0.123. The van der Waals surface area contributed by atoms with Gasteiger partial charge in [0.05, 0.1) is 6.54 Å². The average molecular weight is 183 g/mol. The number of hydrogen-bond acceptors (Lipinski definition) is 2. The molecule has 3 heteroatoms. The monoisotopic (exact) mass is 183 g/mol. The van der Waals surface area contributed by atoms with Crippen molar-refractivity contribution >= 4 is 12.2 Å². The van der Waals surface area contributed by atoms with Crippen LogP contribution in [-0.4, -0.2) is 30.2 Å². The molecule has 1 fully saturated rings. The second-order valence-electron chi connectivity index (χ2n) is 4.42. The maximum absolute atomic E-state index is 11.5. The second-order valence-corrected chi connectivity index (χ2v) is 4.42. The molecule has 0 saturated carbocycles. The predicted molar refractivity (Wildman–Crippen MR) is 50.3 cm³/mol. The van der Waals surface area contributed by atoms with E-state index in [1.54, 1.807) is 4.90 Å². The molecule has 0 aromatic rings. The van der Waals surface area contributed by atoms with Crippen LogP contribution in [0, 0.1) is 5.41 Å². The third-order valence-corrected chi connectivity index (χ3v) is 2.72. The molecule has 13 heavy (non-hydrogen) atoms. The van der Waals surface area contributed by atoms with E-state index < -0.39 is 0 Å². The molecule has 1 aliphatic rings. The molecule has 0 aliphatic carbocycles. The fourth-order valence-electron chi connectivity index (χ4n) is 1.57. The summed E-state index contributed by atoms with van der Waals surface area (Å²) in [6.07, 6.45) is 3.31. The molecule has 1 rings (SSSR count). The molecule has 3 nitrogen and oxygen atoms in total. The Labute approximate surface area is 79.1 Å². The molecule has 0 atom stereocenters. The number of carbonyl (C=O) groups is 2. The lowest BCUT2D eigenvalue weighted by Crippen LogP contribution is -2.32. The summed E-state index contributed by atoms with van der Waals surface area (Å²) < 4.78 is 0. The molecular weight excluding hydrogens is 166 g/mol. The van der Waals surface area contributed by atoms with Crippen LogP contribution in [0.5, 0.6) is 0 Å². The van der Waals surface area contributed by atoms with Crippen LogP contribution >= 0.6 is 0 Å². The minimum absolute atomic E-state index is 0.123. The highest BCUT2D eigenvalue weighted by molar-refractivity contribution is 5.78. The zero-order chi connectivity index (χ0) is 9.90. The lowest BCUT2D eigenvalue weighted by molar-refractivity contribution is -0.132. The van der Waals surface area contributed by atoms with E-state index in [4.69, 9.17) is 0 Å². The first-order valence-corrected chi connectivity index (χ1v) is 4.76. The van der Waals surface area contributed by atoms with Crippen molar-refractivity contribution in [3.05, 3.63) is 0 Å². The molecule has 1 heterocycles. The van der Waals surface area contributed by atoms with E-state index in [0.29, 0.717) is 6.42 Å². The summed E-state index contributed by atoms with van der Waals surface area (Å²) >= 11 is 0. The summed E-state index contributed by atoms with van der Waals surface area (Å²) in [5.41, 5.74) is 0.243. The SMILES string of the molecule is CC1(C)CCC(=O)N(CC=O)CC1. The maximum Gasteiger partial charge on any atom is 0.222 e. The van der Waals surface area contributed by atoms with Crippen LogP contribution in [0.3, 0.4) is 0 Å². The number of carbonyl (C=O) groups excluding carboxylic acids is 2. The van der Waals surface area contributed by atoms with Crippen molar-refractivity contribution in [2.75, 3.05) is 13.1 Å². The van der Waals surface area contributed by atoms with Gasteiger partial charge in [0.2, 0.25) is 5.91 Å². The Kier molecular flexibility index (Phi) is 3.07. The van der Waals surface area contributed by atoms with Gasteiger partial charge < -0.3 is 9.69 Å². The van der Waals surface area contributed by atoms with Gasteiger partial charge >= 0.3 is 0 Å². The number of nitrogens with zero attached hydrogens (tertiary/aromatic N) is 1. The van der Waals surface area contributed by atoms with Gasteiger partial charge in [-0.25, -0.2) is 0 Å². The Hall–Kier alpha value is -0.860. The van der Waals surface area contributed by atoms with Crippen LogP contribution in [-0.2, 0) is 9.59 Å². The number of rotatable bonds is 2. The normalized spacial score (nSPS) is 22.6. The number of hydrogen-bond donors (Lipinski definition) is 0. The van der Waals surface area contributed by atoms with Gasteiger partial charge in [-0.05, 0) is 18.3 Å². The van der Waals surface area contributed by atoms with E-state index in [-0.39, 0.29) is 17.9 Å². The van der Waals surface area contributed by atoms with Crippen LogP contribution < -0.4 is 0 Å². The van der Waals surface area contributed by atoms with Gasteiger partial charge in [-0.3, -0.25) is 4.79 Å². The molecule has 0 radical (unpaired) electrons. The molecule has 1 amide bonds. The summed E-state index contributed by atoms with van der Waals surface area (Å²) in [7, 11) is 0.